The van der Waals surface area contributed by atoms with Crippen LogP contribution in [0.1, 0.15) is 60.4 Å². The number of aromatic nitrogens is 2. The van der Waals surface area contributed by atoms with Gasteiger partial charge in [0.2, 0.25) is 0 Å². The number of aryl methyl sites for hydroxylation is 1. The maximum absolute atomic E-state index is 13.0. The van der Waals surface area contributed by atoms with E-state index in [9.17, 15) is 9.59 Å². The van der Waals surface area contributed by atoms with E-state index in [1.165, 1.54) is 0 Å². The SMILES string of the molecule is COc1ccc(C(C)NC(=O)c2ccc3c(=O)n4c(nc3c2)CCCCCC4)cc1OC. The number of nitrogens with one attached hydrogen (secondary N) is 1. The van der Waals surface area contributed by atoms with E-state index in [0.717, 1.165) is 43.5 Å². The predicted octanol–water partition coefficient (Wildman–Crippen LogP) is 4.02. The van der Waals surface area contributed by atoms with Crippen molar-refractivity contribution < 1.29 is 14.3 Å². The molecule has 2 aromatic carbocycles. The van der Waals surface area contributed by atoms with E-state index < -0.39 is 0 Å². The molecule has 0 radical (unpaired) electrons. The Bertz CT molecular complexity index is 1200. The van der Waals surface area contributed by atoms with Gasteiger partial charge in [0.05, 0.1) is 31.2 Å². The second-order valence-electron chi connectivity index (χ2n) is 8.19. The zero-order valence-electron chi connectivity index (χ0n) is 18.8. The lowest BCUT2D eigenvalue weighted by Crippen LogP contribution is -2.28. The summed E-state index contributed by atoms with van der Waals surface area (Å²) in [4.78, 5) is 30.7. The summed E-state index contributed by atoms with van der Waals surface area (Å²) in [6.07, 6.45) is 5.11. The Morgan fingerprint density at radius 3 is 2.59 bits per heavy atom. The molecule has 1 aliphatic rings. The molecule has 4 rings (SSSR count). The van der Waals surface area contributed by atoms with Gasteiger partial charge >= 0.3 is 0 Å². The lowest BCUT2D eigenvalue weighted by molar-refractivity contribution is 0.0940. The number of amides is 1. The van der Waals surface area contributed by atoms with Crippen LogP contribution in [0.5, 0.6) is 11.5 Å². The van der Waals surface area contributed by atoms with Crippen LogP contribution in [0, 0.1) is 0 Å². The van der Waals surface area contributed by atoms with Crippen molar-refractivity contribution in [2.24, 2.45) is 0 Å². The van der Waals surface area contributed by atoms with Crippen LogP contribution in [-0.2, 0) is 13.0 Å². The van der Waals surface area contributed by atoms with E-state index in [-0.39, 0.29) is 17.5 Å². The first-order chi connectivity index (χ1) is 15.5. The Hall–Kier alpha value is -3.35. The van der Waals surface area contributed by atoms with E-state index in [0.29, 0.717) is 34.5 Å². The van der Waals surface area contributed by atoms with Gasteiger partial charge in [0.15, 0.2) is 11.5 Å². The average Bonchev–Trinajstić information content (AvgIpc) is 2.79. The molecule has 2 heterocycles. The van der Waals surface area contributed by atoms with Gasteiger partial charge in [-0.1, -0.05) is 18.9 Å². The Morgan fingerprint density at radius 1 is 1.03 bits per heavy atom. The number of nitrogens with zero attached hydrogens (tertiary/aromatic N) is 2. The first-order valence-electron chi connectivity index (χ1n) is 11.1. The minimum absolute atomic E-state index is 0.0162. The van der Waals surface area contributed by atoms with E-state index in [1.807, 2.05) is 25.1 Å². The fourth-order valence-corrected chi connectivity index (χ4v) is 4.22. The summed E-state index contributed by atoms with van der Waals surface area (Å²) in [6.45, 7) is 2.62. The van der Waals surface area contributed by atoms with Crippen LogP contribution in [0.3, 0.4) is 0 Å². The van der Waals surface area contributed by atoms with Gasteiger partial charge in [-0.05, 0) is 55.7 Å². The highest BCUT2D eigenvalue weighted by atomic mass is 16.5. The topological polar surface area (TPSA) is 82.5 Å². The molecule has 0 fully saturated rings. The van der Waals surface area contributed by atoms with E-state index >= 15 is 0 Å². The summed E-state index contributed by atoms with van der Waals surface area (Å²) < 4.78 is 12.4. The summed E-state index contributed by atoms with van der Waals surface area (Å²) in [7, 11) is 3.17. The first kappa shape index (κ1) is 21.9. The van der Waals surface area contributed by atoms with Gasteiger partial charge < -0.3 is 14.8 Å². The summed E-state index contributed by atoms with van der Waals surface area (Å²) in [6, 6.07) is 10.4. The molecule has 7 heteroatoms. The molecular formula is C25H29N3O4. The molecule has 1 aliphatic heterocycles. The zero-order chi connectivity index (χ0) is 22.7. The van der Waals surface area contributed by atoms with Crippen molar-refractivity contribution in [1.29, 1.82) is 0 Å². The minimum atomic E-state index is -0.243. The summed E-state index contributed by atoms with van der Waals surface area (Å²) in [5.74, 6) is 1.84. The maximum Gasteiger partial charge on any atom is 0.261 e. The maximum atomic E-state index is 13.0. The van der Waals surface area contributed by atoms with E-state index in [2.05, 4.69) is 5.32 Å². The van der Waals surface area contributed by atoms with Crippen molar-refractivity contribution in [1.82, 2.24) is 14.9 Å². The first-order valence-corrected chi connectivity index (χ1v) is 11.1. The molecule has 0 spiro atoms. The Labute approximate surface area is 187 Å². The highest BCUT2D eigenvalue weighted by molar-refractivity contribution is 5.97. The van der Waals surface area contributed by atoms with Crippen molar-refractivity contribution in [2.75, 3.05) is 14.2 Å². The van der Waals surface area contributed by atoms with Crippen molar-refractivity contribution in [2.45, 2.75) is 51.6 Å². The number of benzene rings is 2. The molecule has 1 unspecified atom stereocenters. The number of rotatable bonds is 5. The molecule has 32 heavy (non-hydrogen) atoms. The van der Waals surface area contributed by atoms with Gasteiger partial charge in [-0.2, -0.15) is 0 Å². The highest BCUT2D eigenvalue weighted by Gasteiger charge is 2.17. The minimum Gasteiger partial charge on any atom is -0.493 e. The molecule has 7 nitrogen and oxygen atoms in total. The van der Waals surface area contributed by atoms with Gasteiger partial charge in [-0.15, -0.1) is 0 Å². The lowest BCUT2D eigenvalue weighted by Gasteiger charge is -2.18. The van der Waals surface area contributed by atoms with Gasteiger partial charge in [0.1, 0.15) is 5.82 Å². The van der Waals surface area contributed by atoms with Crippen LogP contribution in [0.2, 0.25) is 0 Å². The third-order valence-corrected chi connectivity index (χ3v) is 6.08. The van der Waals surface area contributed by atoms with E-state index in [4.69, 9.17) is 14.5 Å². The Morgan fingerprint density at radius 2 is 1.81 bits per heavy atom. The summed E-state index contributed by atoms with van der Waals surface area (Å²) >= 11 is 0. The Kier molecular flexibility index (Phi) is 6.44. The second-order valence-corrected chi connectivity index (χ2v) is 8.19. The van der Waals surface area contributed by atoms with Gasteiger partial charge in [-0.25, -0.2) is 4.98 Å². The van der Waals surface area contributed by atoms with Crippen molar-refractivity contribution >= 4 is 16.8 Å². The molecule has 3 aromatic rings. The van der Waals surface area contributed by atoms with Crippen LogP contribution in [0.25, 0.3) is 10.9 Å². The van der Waals surface area contributed by atoms with Crippen molar-refractivity contribution in [3.8, 4) is 11.5 Å². The number of carbonyl (C=O) groups excluding carboxylic acids is 1. The van der Waals surface area contributed by atoms with Crippen LogP contribution in [0.15, 0.2) is 41.2 Å². The molecule has 0 saturated carbocycles. The Balaban J connectivity index is 1.60. The van der Waals surface area contributed by atoms with Crippen molar-refractivity contribution in [3.05, 3.63) is 63.7 Å². The van der Waals surface area contributed by atoms with Crippen LogP contribution in [-0.4, -0.2) is 29.7 Å². The normalized spacial score (nSPS) is 14.7. The molecule has 0 saturated heterocycles. The van der Waals surface area contributed by atoms with E-state index in [1.54, 1.807) is 37.0 Å². The molecule has 1 amide bonds. The molecular weight excluding hydrogens is 406 g/mol. The largest absolute Gasteiger partial charge is 0.493 e. The molecule has 0 bridgehead atoms. The number of methoxy groups -OCH3 is 2. The quantitative estimate of drug-likeness (QED) is 0.655. The number of ether oxygens (including phenoxy) is 2. The van der Waals surface area contributed by atoms with Crippen molar-refractivity contribution in [3.63, 3.8) is 0 Å². The number of fused-ring (bicyclic) bond motifs is 2. The number of carbonyl (C=O) groups is 1. The van der Waals surface area contributed by atoms with Crippen LogP contribution >= 0.6 is 0 Å². The summed E-state index contributed by atoms with van der Waals surface area (Å²) in [5, 5.41) is 3.57. The third kappa shape index (κ3) is 4.33. The fraction of sp³-hybridized carbons (Fsp3) is 0.400. The standard InChI is InChI=1S/C25H29N3O4/c1-16(17-10-12-21(31-2)22(15-17)32-3)26-24(29)18-9-11-19-20(14-18)27-23-8-6-4-5-7-13-28(23)25(19)30/h9-12,14-16H,4-8,13H2,1-3H3,(H,26,29). The highest BCUT2D eigenvalue weighted by Crippen LogP contribution is 2.30. The zero-order valence-corrected chi connectivity index (χ0v) is 18.8. The van der Waals surface area contributed by atoms with Crippen LogP contribution < -0.4 is 20.3 Å². The molecule has 168 valence electrons. The number of hydrogen-bond acceptors (Lipinski definition) is 5. The van der Waals surface area contributed by atoms with Gasteiger partial charge in [-0.3, -0.25) is 14.2 Å². The number of hydrogen-bond donors (Lipinski definition) is 1. The molecule has 1 aromatic heterocycles. The molecule has 0 aliphatic carbocycles. The van der Waals surface area contributed by atoms with Crippen LogP contribution in [0.4, 0.5) is 0 Å². The monoisotopic (exact) mass is 435 g/mol. The van der Waals surface area contributed by atoms with Gasteiger partial charge in [0, 0.05) is 18.5 Å². The second kappa shape index (κ2) is 9.42. The molecule has 1 atom stereocenters. The summed E-state index contributed by atoms with van der Waals surface area (Å²) in [5.41, 5.74) is 1.94. The lowest BCUT2D eigenvalue weighted by atomic mass is 10.1. The van der Waals surface area contributed by atoms with Gasteiger partial charge in [0.25, 0.3) is 11.5 Å². The smallest absolute Gasteiger partial charge is 0.261 e. The fourth-order valence-electron chi connectivity index (χ4n) is 4.22. The predicted molar refractivity (Wildman–Crippen MR) is 124 cm³/mol. The third-order valence-electron chi connectivity index (χ3n) is 6.08. The molecule has 1 N–H and O–H groups in total. The average molecular weight is 436 g/mol.